The molecule has 2 rings (SSSR count). The van der Waals surface area contributed by atoms with E-state index >= 15 is 0 Å². The average molecular weight is 273 g/mol. The molecule has 0 unspecified atom stereocenters. The standard InChI is InChI=1S/C16H23N3O/c1-4-14-13(16(5-2)19(3)18-14)10-17-15-9-7-6-8-12(15)11-20/h6-9,17,20H,4-5,10-11H2,1-3H3. The zero-order chi connectivity index (χ0) is 14.5. The molecule has 0 fully saturated rings. The highest BCUT2D eigenvalue weighted by atomic mass is 16.3. The van der Waals surface area contributed by atoms with Crippen molar-refractivity contribution in [3.8, 4) is 0 Å². The number of aromatic nitrogens is 2. The van der Waals surface area contributed by atoms with E-state index in [0.29, 0.717) is 0 Å². The Hall–Kier alpha value is -1.81. The van der Waals surface area contributed by atoms with E-state index in [2.05, 4.69) is 24.3 Å². The summed E-state index contributed by atoms with van der Waals surface area (Å²) in [6, 6.07) is 7.86. The summed E-state index contributed by atoms with van der Waals surface area (Å²) < 4.78 is 1.98. The van der Waals surface area contributed by atoms with Gasteiger partial charge in [0.1, 0.15) is 0 Å². The fourth-order valence-electron chi connectivity index (χ4n) is 2.61. The maximum absolute atomic E-state index is 9.36. The van der Waals surface area contributed by atoms with Crippen LogP contribution in [0.1, 0.15) is 36.4 Å². The monoisotopic (exact) mass is 273 g/mol. The van der Waals surface area contributed by atoms with Crippen molar-refractivity contribution in [1.29, 1.82) is 0 Å². The number of para-hydroxylation sites is 1. The van der Waals surface area contributed by atoms with Gasteiger partial charge in [-0.15, -0.1) is 0 Å². The highest BCUT2D eigenvalue weighted by Crippen LogP contribution is 2.20. The van der Waals surface area contributed by atoms with Crippen LogP contribution in [0.15, 0.2) is 24.3 Å². The number of aliphatic hydroxyl groups is 1. The average Bonchev–Trinajstić information content (AvgIpc) is 2.80. The first-order valence-corrected chi connectivity index (χ1v) is 7.17. The van der Waals surface area contributed by atoms with Crippen LogP contribution in [0.25, 0.3) is 0 Å². The first-order chi connectivity index (χ1) is 9.71. The summed E-state index contributed by atoms with van der Waals surface area (Å²) in [5.41, 5.74) is 5.62. The molecule has 0 aliphatic heterocycles. The lowest BCUT2D eigenvalue weighted by molar-refractivity contribution is 0.282. The number of nitrogens with one attached hydrogen (secondary N) is 1. The molecular formula is C16H23N3O. The summed E-state index contributed by atoms with van der Waals surface area (Å²) in [5.74, 6) is 0. The molecule has 0 amide bonds. The first kappa shape index (κ1) is 14.6. The van der Waals surface area contributed by atoms with Crippen molar-refractivity contribution in [2.24, 2.45) is 7.05 Å². The molecule has 20 heavy (non-hydrogen) atoms. The van der Waals surface area contributed by atoms with Gasteiger partial charge in [-0.3, -0.25) is 4.68 Å². The number of hydrogen-bond acceptors (Lipinski definition) is 3. The van der Waals surface area contributed by atoms with Crippen LogP contribution >= 0.6 is 0 Å². The third-order valence-corrected chi connectivity index (χ3v) is 3.67. The van der Waals surface area contributed by atoms with E-state index in [0.717, 1.165) is 36.3 Å². The number of aryl methyl sites for hydroxylation is 2. The van der Waals surface area contributed by atoms with E-state index in [1.165, 1.54) is 11.3 Å². The smallest absolute Gasteiger partial charge is 0.0701 e. The number of benzene rings is 1. The highest BCUT2D eigenvalue weighted by Gasteiger charge is 2.13. The van der Waals surface area contributed by atoms with E-state index in [9.17, 15) is 5.11 Å². The molecule has 0 spiro atoms. The molecule has 0 saturated heterocycles. The number of hydrogen-bond donors (Lipinski definition) is 2. The van der Waals surface area contributed by atoms with Gasteiger partial charge in [0.05, 0.1) is 12.3 Å². The zero-order valence-corrected chi connectivity index (χ0v) is 12.5. The molecule has 4 nitrogen and oxygen atoms in total. The van der Waals surface area contributed by atoms with Gasteiger partial charge < -0.3 is 10.4 Å². The maximum Gasteiger partial charge on any atom is 0.0701 e. The van der Waals surface area contributed by atoms with Crippen molar-refractivity contribution >= 4 is 5.69 Å². The molecule has 0 saturated carbocycles. The molecule has 0 radical (unpaired) electrons. The van der Waals surface area contributed by atoms with Gasteiger partial charge in [0.25, 0.3) is 0 Å². The molecule has 108 valence electrons. The van der Waals surface area contributed by atoms with E-state index in [-0.39, 0.29) is 6.61 Å². The topological polar surface area (TPSA) is 50.1 Å². The second-order valence-electron chi connectivity index (χ2n) is 4.87. The van der Waals surface area contributed by atoms with Crippen molar-refractivity contribution < 1.29 is 5.11 Å². The molecule has 1 aromatic carbocycles. The summed E-state index contributed by atoms with van der Waals surface area (Å²) in [6.07, 6.45) is 1.91. The van der Waals surface area contributed by atoms with Crippen molar-refractivity contribution in [2.45, 2.75) is 39.8 Å². The van der Waals surface area contributed by atoms with E-state index < -0.39 is 0 Å². The Morgan fingerprint density at radius 3 is 2.60 bits per heavy atom. The van der Waals surface area contributed by atoms with Crippen molar-refractivity contribution in [3.05, 3.63) is 46.8 Å². The van der Waals surface area contributed by atoms with Gasteiger partial charge in [-0.05, 0) is 18.9 Å². The van der Waals surface area contributed by atoms with Crippen LogP contribution in [0.5, 0.6) is 0 Å². The summed E-state index contributed by atoms with van der Waals surface area (Å²) in [4.78, 5) is 0. The molecule has 0 aliphatic rings. The summed E-state index contributed by atoms with van der Waals surface area (Å²) in [6.45, 7) is 5.09. The summed E-state index contributed by atoms with van der Waals surface area (Å²) in [7, 11) is 2.00. The molecule has 2 N–H and O–H groups in total. The second-order valence-corrected chi connectivity index (χ2v) is 4.87. The number of anilines is 1. The second kappa shape index (κ2) is 6.57. The van der Waals surface area contributed by atoms with Crippen LogP contribution in [0.3, 0.4) is 0 Å². The van der Waals surface area contributed by atoms with Gasteiger partial charge in [-0.1, -0.05) is 32.0 Å². The van der Waals surface area contributed by atoms with E-state index in [1.54, 1.807) is 0 Å². The predicted molar refractivity (Wildman–Crippen MR) is 81.7 cm³/mol. The normalized spacial score (nSPS) is 10.8. The van der Waals surface area contributed by atoms with E-state index in [1.807, 2.05) is 36.0 Å². The van der Waals surface area contributed by atoms with Crippen LogP contribution in [0.2, 0.25) is 0 Å². The molecule has 2 aromatic rings. The lowest BCUT2D eigenvalue weighted by Crippen LogP contribution is -2.06. The highest BCUT2D eigenvalue weighted by molar-refractivity contribution is 5.51. The van der Waals surface area contributed by atoms with Gasteiger partial charge >= 0.3 is 0 Å². The van der Waals surface area contributed by atoms with Gasteiger partial charge in [-0.2, -0.15) is 5.10 Å². The van der Waals surface area contributed by atoms with E-state index in [4.69, 9.17) is 0 Å². The Morgan fingerprint density at radius 1 is 1.20 bits per heavy atom. The predicted octanol–water partition coefficient (Wildman–Crippen LogP) is 2.65. The molecule has 0 atom stereocenters. The van der Waals surface area contributed by atoms with Crippen LogP contribution < -0.4 is 5.32 Å². The first-order valence-electron chi connectivity index (χ1n) is 7.17. The lowest BCUT2D eigenvalue weighted by Gasteiger charge is -2.11. The van der Waals surface area contributed by atoms with Crippen LogP contribution in [0, 0.1) is 0 Å². The van der Waals surface area contributed by atoms with Gasteiger partial charge in [0, 0.05) is 36.1 Å². The van der Waals surface area contributed by atoms with Gasteiger partial charge in [-0.25, -0.2) is 0 Å². The fraction of sp³-hybridized carbons (Fsp3) is 0.438. The minimum absolute atomic E-state index is 0.0531. The third kappa shape index (κ3) is 2.85. The van der Waals surface area contributed by atoms with Crippen LogP contribution in [0.4, 0.5) is 5.69 Å². The Morgan fingerprint density at radius 2 is 1.95 bits per heavy atom. The fourth-order valence-corrected chi connectivity index (χ4v) is 2.61. The lowest BCUT2D eigenvalue weighted by atomic mass is 10.1. The minimum Gasteiger partial charge on any atom is -0.392 e. The number of aliphatic hydroxyl groups excluding tert-OH is 1. The Bertz CT molecular complexity index is 575. The molecule has 4 heteroatoms. The molecular weight excluding hydrogens is 250 g/mol. The van der Waals surface area contributed by atoms with Crippen LogP contribution in [-0.2, 0) is 33.0 Å². The van der Waals surface area contributed by atoms with Crippen molar-refractivity contribution in [1.82, 2.24) is 9.78 Å². The quantitative estimate of drug-likeness (QED) is 0.850. The zero-order valence-electron chi connectivity index (χ0n) is 12.5. The Kier molecular flexibility index (Phi) is 4.79. The van der Waals surface area contributed by atoms with Gasteiger partial charge in [0.2, 0.25) is 0 Å². The number of rotatable bonds is 6. The summed E-state index contributed by atoms with van der Waals surface area (Å²) >= 11 is 0. The van der Waals surface area contributed by atoms with Crippen LogP contribution in [-0.4, -0.2) is 14.9 Å². The van der Waals surface area contributed by atoms with Crippen molar-refractivity contribution in [3.63, 3.8) is 0 Å². The Balaban J connectivity index is 2.22. The molecule has 0 bridgehead atoms. The SMILES string of the molecule is CCc1nn(C)c(CC)c1CNc1ccccc1CO. The largest absolute Gasteiger partial charge is 0.392 e. The third-order valence-electron chi connectivity index (χ3n) is 3.67. The molecule has 1 aromatic heterocycles. The maximum atomic E-state index is 9.36. The van der Waals surface area contributed by atoms with Crippen molar-refractivity contribution in [2.75, 3.05) is 5.32 Å². The summed E-state index contributed by atoms with van der Waals surface area (Å²) in [5, 5.41) is 17.4. The minimum atomic E-state index is 0.0531. The number of nitrogens with zero attached hydrogens (tertiary/aromatic N) is 2. The molecule has 1 heterocycles. The van der Waals surface area contributed by atoms with Gasteiger partial charge in [0.15, 0.2) is 0 Å². The molecule has 0 aliphatic carbocycles. The Labute approximate surface area is 120 Å².